The van der Waals surface area contributed by atoms with Gasteiger partial charge in [-0.1, -0.05) is 70.9 Å². The molecule has 1 N–H and O–H groups in total. The van der Waals surface area contributed by atoms with Crippen LogP contribution in [0.3, 0.4) is 0 Å². The number of hydrogen-bond acceptors (Lipinski definition) is 8. The van der Waals surface area contributed by atoms with E-state index in [2.05, 4.69) is 19.9 Å². The van der Waals surface area contributed by atoms with Crippen LogP contribution in [0.15, 0.2) is 71.1 Å². The van der Waals surface area contributed by atoms with Crippen LogP contribution in [0.1, 0.15) is 5.56 Å². The van der Waals surface area contributed by atoms with Crippen molar-refractivity contribution in [3.05, 3.63) is 92.3 Å². The largest absolute Gasteiger partial charge is 0.293 e. The van der Waals surface area contributed by atoms with Gasteiger partial charge in [-0.25, -0.2) is 17.9 Å². The molecule has 0 atom stereocenters. The maximum atomic E-state index is 13.0. The molecule has 2 aromatic carbocycles. The molecule has 37 heavy (non-hydrogen) atoms. The number of hydrogen-bond donors (Lipinski definition) is 1. The average molecular weight is 570 g/mol. The molecule has 3 aromatic heterocycles. The van der Waals surface area contributed by atoms with Crippen molar-refractivity contribution in [2.75, 3.05) is 4.72 Å². The van der Waals surface area contributed by atoms with Crippen molar-refractivity contribution < 1.29 is 8.42 Å². The Morgan fingerprint density at radius 3 is 2.43 bits per heavy atom. The Hall–Kier alpha value is -4.02. The number of rotatable bonds is 6. The maximum absolute atomic E-state index is 13.0. The van der Waals surface area contributed by atoms with Gasteiger partial charge in [-0.3, -0.25) is 9.52 Å². The number of aromatic nitrogens is 5. The molecule has 0 fully saturated rings. The van der Waals surface area contributed by atoms with Gasteiger partial charge in [0, 0.05) is 21.2 Å². The second-order valence-electron chi connectivity index (χ2n) is 7.47. The van der Waals surface area contributed by atoms with Crippen molar-refractivity contribution in [1.29, 1.82) is 5.26 Å². The predicted octanol–water partition coefficient (Wildman–Crippen LogP) is 4.73. The van der Waals surface area contributed by atoms with E-state index in [1.165, 1.54) is 29.8 Å². The van der Waals surface area contributed by atoms with Gasteiger partial charge in [0.15, 0.2) is 10.7 Å². The van der Waals surface area contributed by atoms with Crippen molar-refractivity contribution in [3.8, 4) is 27.3 Å². The monoisotopic (exact) mass is 569 g/mol. The fourth-order valence-electron chi connectivity index (χ4n) is 3.43. The summed E-state index contributed by atoms with van der Waals surface area (Å²) >= 11 is 13.3. The third-order valence-corrected chi connectivity index (χ3v) is 7.74. The summed E-state index contributed by atoms with van der Waals surface area (Å²) in [5.74, 6) is 0. The van der Waals surface area contributed by atoms with E-state index in [1.807, 2.05) is 30.3 Å². The van der Waals surface area contributed by atoms with E-state index >= 15 is 0 Å². The number of nitrogens with zero attached hydrogens (tertiary/aromatic N) is 6. The predicted molar refractivity (Wildman–Crippen MR) is 143 cm³/mol. The Morgan fingerprint density at radius 1 is 1.03 bits per heavy atom. The fourth-order valence-corrected chi connectivity index (χ4v) is 5.65. The highest BCUT2D eigenvalue weighted by Crippen LogP contribution is 2.30. The van der Waals surface area contributed by atoms with Gasteiger partial charge < -0.3 is 0 Å². The number of fused-ring (bicyclic) bond motifs is 1. The van der Waals surface area contributed by atoms with Gasteiger partial charge >= 0.3 is 0 Å². The van der Waals surface area contributed by atoms with Gasteiger partial charge in [-0.2, -0.15) is 5.26 Å². The number of nitriles is 1. The Labute approximate surface area is 223 Å². The molecule has 10 nitrogen and oxygen atoms in total. The summed E-state index contributed by atoms with van der Waals surface area (Å²) in [5, 5.41) is 20.2. The molecule has 0 aliphatic heterocycles. The van der Waals surface area contributed by atoms with E-state index in [-0.39, 0.29) is 32.0 Å². The van der Waals surface area contributed by atoms with E-state index in [0.717, 1.165) is 20.2 Å². The summed E-state index contributed by atoms with van der Waals surface area (Å²) in [6.45, 7) is 0. The summed E-state index contributed by atoms with van der Waals surface area (Å²) in [5.41, 5.74) is 0.693. The Morgan fingerprint density at radius 2 is 1.73 bits per heavy atom. The first-order chi connectivity index (χ1) is 17.8. The topological polar surface area (TPSA) is 135 Å². The molecule has 184 valence electrons. The number of benzene rings is 2. The van der Waals surface area contributed by atoms with Gasteiger partial charge in [0.1, 0.15) is 10.6 Å². The van der Waals surface area contributed by atoms with Crippen LogP contribution in [0, 0.1) is 11.5 Å². The molecule has 14 heteroatoms. The van der Waals surface area contributed by atoms with Crippen LogP contribution in [0.25, 0.3) is 32.9 Å². The molecular formula is C23H13Cl2N7O3S2. The zero-order valence-corrected chi connectivity index (χ0v) is 21.6. The van der Waals surface area contributed by atoms with Gasteiger partial charge in [0.25, 0.3) is 15.6 Å². The second-order valence-corrected chi connectivity index (χ2v) is 10.8. The lowest BCUT2D eigenvalue weighted by molar-refractivity contribution is 0.609. The van der Waals surface area contributed by atoms with Crippen molar-refractivity contribution in [2.24, 2.45) is 0 Å². The second kappa shape index (κ2) is 9.79. The van der Waals surface area contributed by atoms with E-state index in [1.54, 1.807) is 24.4 Å². The van der Waals surface area contributed by atoms with Gasteiger partial charge in [0.2, 0.25) is 6.19 Å². The van der Waals surface area contributed by atoms with Crippen LogP contribution < -0.4 is 10.3 Å². The molecule has 0 saturated heterocycles. The molecular weight excluding hydrogens is 557 g/mol. The number of nitrogens with one attached hydrogen (secondary N) is 1. The van der Waals surface area contributed by atoms with Crippen molar-refractivity contribution in [1.82, 2.24) is 24.4 Å². The van der Waals surface area contributed by atoms with Crippen molar-refractivity contribution >= 4 is 62.0 Å². The Kier molecular flexibility index (Phi) is 6.53. The molecule has 0 radical (unpaired) electrons. The molecule has 0 bridgehead atoms. The van der Waals surface area contributed by atoms with Crippen LogP contribution in [0.5, 0.6) is 0 Å². The number of anilines is 1. The lowest BCUT2D eigenvalue weighted by Gasteiger charge is -2.06. The van der Waals surface area contributed by atoms with Crippen LogP contribution in [0.2, 0.25) is 10.0 Å². The summed E-state index contributed by atoms with van der Waals surface area (Å²) in [6, 6.07) is 14.1. The number of halogens is 2. The molecule has 0 aliphatic carbocycles. The Balaban J connectivity index is 1.51. The highest BCUT2D eigenvalue weighted by Gasteiger charge is 2.22. The molecule has 5 aromatic rings. The maximum Gasteiger partial charge on any atom is 0.293 e. The van der Waals surface area contributed by atoms with Gasteiger partial charge in [0.05, 0.1) is 23.5 Å². The van der Waals surface area contributed by atoms with E-state index in [4.69, 9.17) is 23.2 Å². The first-order valence-corrected chi connectivity index (χ1v) is 13.5. The molecule has 0 saturated carbocycles. The van der Waals surface area contributed by atoms with Crippen LogP contribution in [0.4, 0.5) is 5.69 Å². The zero-order chi connectivity index (χ0) is 26.2. The minimum absolute atomic E-state index is 0.00944. The average Bonchev–Trinajstić information content (AvgIpc) is 3.45. The molecule has 5 rings (SSSR count). The molecule has 0 unspecified atom stereocenters. The van der Waals surface area contributed by atoms with Crippen molar-refractivity contribution in [3.63, 3.8) is 0 Å². The zero-order valence-electron chi connectivity index (χ0n) is 18.4. The van der Waals surface area contributed by atoms with Crippen LogP contribution in [-0.4, -0.2) is 32.8 Å². The molecule has 0 spiro atoms. The normalized spacial score (nSPS) is 11.7. The van der Waals surface area contributed by atoms with E-state index in [9.17, 15) is 18.5 Å². The number of sulfonamides is 1. The summed E-state index contributed by atoms with van der Waals surface area (Å²) in [4.78, 5) is 17.3. The van der Waals surface area contributed by atoms with Gasteiger partial charge in [-0.05, 0) is 18.2 Å². The minimum Gasteiger partial charge on any atom is -0.277 e. The third-order valence-electron chi connectivity index (χ3n) is 5.08. The standard InChI is InChI=1S/C23H13Cl2N7O3S2/c24-17-7-4-8-18(25)16(17)9-10-37(34,35)30-15-11-27-20-19(23(33)32(13-26)31(20)12-15)22-29-28-21(36-22)14-5-2-1-3-6-14/h1-12,30H. The smallest absolute Gasteiger partial charge is 0.277 e. The Bertz CT molecular complexity index is 1870. The summed E-state index contributed by atoms with van der Waals surface area (Å²) in [7, 11) is -4.03. The highest BCUT2D eigenvalue weighted by molar-refractivity contribution is 7.95. The van der Waals surface area contributed by atoms with E-state index in [0.29, 0.717) is 10.6 Å². The van der Waals surface area contributed by atoms with Crippen LogP contribution in [-0.2, 0) is 10.0 Å². The lowest BCUT2D eigenvalue weighted by atomic mass is 10.2. The van der Waals surface area contributed by atoms with Crippen molar-refractivity contribution in [2.45, 2.75) is 0 Å². The minimum atomic E-state index is -4.03. The molecule has 0 amide bonds. The quantitative estimate of drug-likeness (QED) is 0.312. The summed E-state index contributed by atoms with van der Waals surface area (Å²) in [6.07, 6.45) is 5.54. The third kappa shape index (κ3) is 4.85. The molecule has 3 heterocycles. The van der Waals surface area contributed by atoms with Crippen LogP contribution >= 0.6 is 34.5 Å². The highest BCUT2D eigenvalue weighted by atomic mass is 35.5. The molecule has 0 aliphatic rings. The first-order valence-electron chi connectivity index (χ1n) is 10.3. The summed E-state index contributed by atoms with van der Waals surface area (Å²) < 4.78 is 29.5. The van der Waals surface area contributed by atoms with Gasteiger partial charge in [-0.15, -0.1) is 14.9 Å². The first kappa shape index (κ1) is 24.7. The SMILES string of the molecule is N#Cn1c(=O)c(-c2nnc(-c3ccccc3)s2)c2ncc(NS(=O)(=O)C=Cc3c(Cl)cccc3Cl)cn21. The fraction of sp³-hybridized carbons (Fsp3) is 0. The lowest BCUT2D eigenvalue weighted by Crippen LogP contribution is -2.16. The van der Waals surface area contributed by atoms with E-state index < -0.39 is 15.6 Å².